The predicted octanol–water partition coefficient (Wildman–Crippen LogP) is 2.90. The Morgan fingerprint density at radius 1 is 1.25 bits per heavy atom. The average molecular weight is 231 g/mol. The molecule has 2 heterocycles. The predicted molar refractivity (Wildman–Crippen MR) is 67.0 cm³/mol. The molecule has 1 aliphatic heterocycles. The van der Waals surface area contributed by atoms with Gasteiger partial charge in [0.2, 0.25) is 0 Å². The van der Waals surface area contributed by atoms with Gasteiger partial charge in [-0.1, -0.05) is 18.2 Å². The molecule has 82 valence electrons. The van der Waals surface area contributed by atoms with Gasteiger partial charge in [0.1, 0.15) is 12.4 Å². The highest BCUT2D eigenvalue weighted by atomic mass is 32.1. The van der Waals surface area contributed by atoms with Crippen LogP contribution in [0.1, 0.15) is 5.56 Å². The Hall–Kier alpha value is -1.32. The van der Waals surface area contributed by atoms with Crippen LogP contribution in [0.3, 0.4) is 0 Å². The summed E-state index contributed by atoms with van der Waals surface area (Å²) in [6.07, 6.45) is 0. The highest BCUT2D eigenvalue weighted by Crippen LogP contribution is 2.34. The molecule has 0 radical (unpaired) electrons. The van der Waals surface area contributed by atoms with Gasteiger partial charge in [-0.2, -0.15) is 11.3 Å². The maximum absolute atomic E-state index is 5.85. The van der Waals surface area contributed by atoms with Crippen LogP contribution in [-0.4, -0.2) is 13.2 Å². The Balaban J connectivity index is 2.12. The molecule has 0 aliphatic carbocycles. The molecule has 2 nitrogen and oxygen atoms in total. The fourth-order valence-electron chi connectivity index (χ4n) is 1.99. The number of benzene rings is 1. The van der Waals surface area contributed by atoms with Crippen LogP contribution in [0.5, 0.6) is 5.75 Å². The normalized spacial score (nSPS) is 15.0. The Kier molecular flexibility index (Phi) is 2.64. The van der Waals surface area contributed by atoms with Gasteiger partial charge in [0.05, 0.1) is 0 Å². The third-order valence-electron chi connectivity index (χ3n) is 2.77. The average Bonchev–Trinajstić information content (AvgIpc) is 2.73. The lowest BCUT2D eigenvalue weighted by atomic mass is 10.0. The van der Waals surface area contributed by atoms with E-state index in [1.165, 1.54) is 16.7 Å². The summed E-state index contributed by atoms with van der Waals surface area (Å²) < 4.78 is 5.85. The zero-order chi connectivity index (χ0) is 10.8. The highest BCUT2D eigenvalue weighted by molar-refractivity contribution is 7.08. The first-order chi connectivity index (χ1) is 7.95. The number of hydrogen-bond donors (Lipinski definition) is 1. The molecule has 0 saturated carbocycles. The Labute approximate surface area is 98.9 Å². The first-order valence-electron chi connectivity index (χ1n) is 5.43. The monoisotopic (exact) mass is 231 g/mol. The van der Waals surface area contributed by atoms with Crippen molar-refractivity contribution in [1.82, 2.24) is 5.32 Å². The van der Waals surface area contributed by atoms with E-state index in [0.717, 1.165) is 25.4 Å². The van der Waals surface area contributed by atoms with Crippen molar-refractivity contribution >= 4 is 11.3 Å². The number of nitrogens with one attached hydrogen (secondary N) is 1. The van der Waals surface area contributed by atoms with E-state index in [4.69, 9.17) is 4.74 Å². The van der Waals surface area contributed by atoms with Crippen LogP contribution in [-0.2, 0) is 6.54 Å². The van der Waals surface area contributed by atoms with Crippen molar-refractivity contribution in [3.05, 3.63) is 40.6 Å². The summed E-state index contributed by atoms with van der Waals surface area (Å²) in [6.45, 7) is 2.55. The minimum absolute atomic E-state index is 0.744. The molecule has 3 heteroatoms. The number of ether oxygens (including phenoxy) is 1. The molecule has 2 aromatic rings. The molecule has 3 rings (SSSR count). The van der Waals surface area contributed by atoms with E-state index in [1.807, 2.05) is 0 Å². The van der Waals surface area contributed by atoms with Crippen molar-refractivity contribution in [2.45, 2.75) is 6.54 Å². The van der Waals surface area contributed by atoms with Gasteiger partial charge in [-0.3, -0.25) is 0 Å². The fourth-order valence-corrected chi connectivity index (χ4v) is 2.64. The third-order valence-corrected chi connectivity index (χ3v) is 3.45. The Bertz CT molecular complexity index is 479. The van der Waals surface area contributed by atoms with Crippen molar-refractivity contribution in [2.24, 2.45) is 0 Å². The Morgan fingerprint density at radius 3 is 3.12 bits per heavy atom. The maximum atomic E-state index is 5.85. The quantitative estimate of drug-likeness (QED) is 0.815. The molecule has 0 fully saturated rings. The summed E-state index contributed by atoms with van der Waals surface area (Å²) in [5.74, 6) is 1.05. The van der Waals surface area contributed by atoms with E-state index in [9.17, 15) is 0 Å². The van der Waals surface area contributed by atoms with Gasteiger partial charge in [-0.15, -0.1) is 0 Å². The molecule has 1 N–H and O–H groups in total. The number of hydrogen-bond acceptors (Lipinski definition) is 3. The van der Waals surface area contributed by atoms with Crippen LogP contribution < -0.4 is 10.1 Å². The topological polar surface area (TPSA) is 21.3 Å². The largest absolute Gasteiger partial charge is 0.491 e. The zero-order valence-electron chi connectivity index (χ0n) is 8.90. The SMILES string of the molecule is c1cc2c(c(-c3ccsc3)c1)OCCNC2. The summed E-state index contributed by atoms with van der Waals surface area (Å²) in [6, 6.07) is 8.50. The van der Waals surface area contributed by atoms with Crippen molar-refractivity contribution in [3.8, 4) is 16.9 Å². The van der Waals surface area contributed by atoms with E-state index in [0.29, 0.717) is 0 Å². The summed E-state index contributed by atoms with van der Waals surface area (Å²) in [7, 11) is 0. The van der Waals surface area contributed by atoms with Gasteiger partial charge < -0.3 is 10.1 Å². The van der Waals surface area contributed by atoms with Gasteiger partial charge in [0.15, 0.2) is 0 Å². The standard InChI is InChI=1S/C13H13NOS/c1-2-10-8-14-5-6-15-13(10)12(3-1)11-4-7-16-9-11/h1-4,7,9,14H,5-6,8H2. The van der Waals surface area contributed by atoms with E-state index >= 15 is 0 Å². The number of thiophene rings is 1. The number of para-hydroxylation sites is 1. The second-order valence-corrected chi connectivity index (χ2v) is 4.61. The second kappa shape index (κ2) is 4.28. The van der Waals surface area contributed by atoms with Crippen molar-refractivity contribution in [3.63, 3.8) is 0 Å². The summed E-state index contributed by atoms with van der Waals surface area (Å²) >= 11 is 1.72. The summed E-state index contributed by atoms with van der Waals surface area (Å²) in [5, 5.41) is 7.62. The van der Waals surface area contributed by atoms with Gasteiger partial charge in [-0.05, 0) is 22.4 Å². The van der Waals surface area contributed by atoms with E-state index < -0.39 is 0 Å². The fraction of sp³-hybridized carbons (Fsp3) is 0.231. The first kappa shape index (κ1) is 9.87. The van der Waals surface area contributed by atoms with Gasteiger partial charge >= 0.3 is 0 Å². The highest BCUT2D eigenvalue weighted by Gasteiger charge is 2.13. The molecule has 16 heavy (non-hydrogen) atoms. The van der Waals surface area contributed by atoms with Crippen LogP contribution in [0, 0.1) is 0 Å². The molecule has 0 amide bonds. The number of rotatable bonds is 1. The zero-order valence-corrected chi connectivity index (χ0v) is 9.72. The summed E-state index contributed by atoms with van der Waals surface area (Å²) in [5.41, 5.74) is 3.72. The maximum Gasteiger partial charge on any atom is 0.131 e. The Morgan fingerprint density at radius 2 is 2.25 bits per heavy atom. The first-order valence-corrected chi connectivity index (χ1v) is 6.37. The lowest BCUT2D eigenvalue weighted by Crippen LogP contribution is -2.16. The molecule has 0 atom stereocenters. The van der Waals surface area contributed by atoms with E-state index in [-0.39, 0.29) is 0 Å². The van der Waals surface area contributed by atoms with E-state index in [1.54, 1.807) is 11.3 Å². The second-order valence-electron chi connectivity index (χ2n) is 3.83. The van der Waals surface area contributed by atoms with Gasteiger partial charge in [0, 0.05) is 24.2 Å². The molecule has 1 aromatic carbocycles. The third kappa shape index (κ3) is 1.72. The van der Waals surface area contributed by atoms with Crippen molar-refractivity contribution in [1.29, 1.82) is 0 Å². The summed E-state index contributed by atoms with van der Waals surface area (Å²) in [4.78, 5) is 0. The molecular formula is C13H13NOS. The van der Waals surface area contributed by atoms with Gasteiger partial charge in [-0.25, -0.2) is 0 Å². The molecule has 0 saturated heterocycles. The minimum atomic E-state index is 0.744. The van der Waals surface area contributed by atoms with Gasteiger partial charge in [0.25, 0.3) is 0 Å². The van der Waals surface area contributed by atoms with E-state index in [2.05, 4.69) is 40.3 Å². The van der Waals surface area contributed by atoms with Crippen molar-refractivity contribution in [2.75, 3.05) is 13.2 Å². The van der Waals surface area contributed by atoms with Crippen LogP contribution in [0.2, 0.25) is 0 Å². The van der Waals surface area contributed by atoms with Crippen LogP contribution in [0.25, 0.3) is 11.1 Å². The molecule has 0 unspecified atom stereocenters. The van der Waals surface area contributed by atoms with Crippen LogP contribution in [0.15, 0.2) is 35.0 Å². The molecule has 0 spiro atoms. The molecule has 1 aliphatic rings. The molecule has 0 bridgehead atoms. The molecular weight excluding hydrogens is 218 g/mol. The van der Waals surface area contributed by atoms with Crippen LogP contribution >= 0.6 is 11.3 Å². The van der Waals surface area contributed by atoms with Crippen LogP contribution in [0.4, 0.5) is 0 Å². The minimum Gasteiger partial charge on any atom is -0.491 e. The van der Waals surface area contributed by atoms with Crippen molar-refractivity contribution < 1.29 is 4.74 Å². The smallest absolute Gasteiger partial charge is 0.131 e. The number of fused-ring (bicyclic) bond motifs is 1. The lowest BCUT2D eigenvalue weighted by Gasteiger charge is -2.11. The lowest BCUT2D eigenvalue weighted by molar-refractivity contribution is 0.327. The molecule has 1 aromatic heterocycles.